The molecule has 0 saturated carbocycles. The van der Waals surface area contributed by atoms with E-state index in [0.717, 1.165) is 19.3 Å². The van der Waals surface area contributed by atoms with Crippen LogP contribution in [0.25, 0.3) is 0 Å². The Kier molecular flexibility index (Phi) is 11.2. The third-order valence-corrected chi connectivity index (χ3v) is 4.47. The van der Waals surface area contributed by atoms with Gasteiger partial charge in [0.05, 0.1) is 6.61 Å². The molecular formula is C18H34O6. The molecule has 1 rings (SSSR count). The van der Waals surface area contributed by atoms with Gasteiger partial charge in [-0.25, -0.2) is 0 Å². The van der Waals surface area contributed by atoms with Gasteiger partial charge in [-0.05, 0) is 6.42 Å². The maximum atomic E-state index is 11.6. The summed E-state index contributed by atoms with van der Waals surface area (Å²) in [5.41, 5.74) is 0. The van der Waals surface area contributed by atoms with Gasteiger partial charge in [-0.15, -0.1) is 0 Å². The maximum Gasteiger partial charge on any atom is 0.305 e. The third-order valence-electron chi connectivity index (χ3n) is 4.47. The highest BCUT2D eigenvalue weighted by molar-refractivity contribution is 5.69. The number of aliphatic hydroxyl groups excluding tert-OH is 3. The summed E-state index contributed by atoms with van der Waals surface area (Å²) in [5, 5.41) is 28.8. The van der Waals surface area contributed by atoms with Gasteiger partial charge in [-0.1, -0.05) is 58.3 Å². The molecule has 0 aromatic heterocycles. The van der Waals surface area contributed by atoms with Crippen LogP contribution in [0.3, 0.4) is 0 Å². The van der Waals surface area contributed by atoms with Gasteiger partial charge in [0, 0.05) is 6.42 Å². The number of carbonyl (C=O) groups excluding carboxylic acids is 1. The van der Waals surface area contributed by atoms with Gasteiger partial charge in [-0.3, -0.25) is 4.79 Å². The van der Waals surface area contributed by atoms with Crippen molar-refractivity contribution in [1.82, 2.24) is 0 Å². The second-order valence-corrected chi connectivity index (χ2v) is 6.68. The van der Waals surface area contributed by atoms with E-state index in [9.17, 15) is 20.1 Å². The Morgan fingerprint density at radius 1 is 1.08 bits per heavy atom. The quantitative estimate of drug-likeness (QED) is 0.348. The number of hydrogen-bond acceptors (Lipinski definition) is 6. The molecule has 6 heteroatoms. The lowest BCUT2D eigenvalue weighted by atomic mass is 10.1. The van der Waals surface area contributed by atoms with Crippen LogP contribution >= 0.6 is 0 Å². The lowest BCUT2D eigenvalue weighted by Gasteiger charge is -2.20. The Morgan fingerprint density at radius 2 is 1.67 bits per heavy atom. The van der Waals surface area contributed by atoms with Crippen LogP contribution in [-0.2, 0) is 14.3 Å². The van der Waals surface area contributed by atoms with Gasteiger partial charge in [0.15, 0.2) is 0 Å². The topological polar surface area (TPSA) is 96.2 Å². The molecule has 0 radical (unpaired) electrons. The van der Waals surface area contributed by atoms with Gasteiger partial charge < -0.3 is 24.8 Å². The molecule has 0 amide bonds. The van der Waals surface area contributed by atoms with E-state index >= 15 is 0 Å². The first kappa shape index (κ1) is 21.4. The number of esters is 1. The molecule has 24 heavy (non-hydrogen) atoms. The van der Waals surface area contributed by atoms with Crippen molar-refractivity contribution in [1.29, 1.82) is 0 Å². The maximum absolute atomic E-state index is 11.6. The van der Waals surface area contributed by atoms with Crippen LogP contribution in [-0.4, -0.2) is 58.9 Å². The number of unbranched alkanes of at least 4 members (excludes halogenated alkanes) is 8. The van der Waals surface area contributed by atoms with Crippen LogP contribution < -0.4 is 0 Å². The average Bonchev–Trinajstić information content (AvgIpc) is 2.90. The summed E-state index contributed by atoms with van der Waals surface area (Å²) in [5.74, 6) is -0.343. The number of carbonyl (C=O) groups is 1. The van der Waals surface area contributed by atoms with Gasteiger partial charge >= 0.3 is 5.97 Å². The van der Waals surface area contributed by atoms with Crippen molar-refractivity contribution in [2.45, 2.75) is 95.5 Å². The molecule has 0 aromatic rings. The molecule has 4 atom stereocenters. The fourth-order valence-electron chi connectivity index (χ4n) is 2.89. The Morgan fingerprint density at radius 3 is 2.21 bits per heavy atom. The molecule has 1 aliphatic rings. The number of hydrogen-bond donors (Lipinski definition) is 3. The third kappa shape index (κ3) is 8.42. The average molecular weight is 346 g/mol. The summed E-state index contributed by atoms with van der Waals surface area (Å²) in [6.45, 7) is 1.98. The molecule has 0 aliphatic carbocycles. The van der Waals surface area contributed by atoms with E-state index in [1.54, 1.807) is 0 Å². The van der Waals surface area contributed by atoms with Gasteiger partial charge in [-0.2, -0.15) is 0 Å². The SMILES string of the molecule is CCCCCCCCCCCC(=O)OC[C@H](O)[C@@H]1OC[C@@H](O)[C@@H]1O. The van der Waals surface area contributed by atoms with Crippen molar-refractivity contribution in [2.75, 3.05) is 13.2 Å². The van der Waals surface area contributed by atoms with E-state index in [1.807, 2.05) is 0 Å². The number of ether oxygens (including phenoxy) is 2. The minimum Gasteiger partial charge on any atom is -0.463 e. The normalized spacial score (nSPS) is 24.9. The van der Waals surface area contributed by atoms with Gasteiger partial charge in [0.2, 0.25) is 0 Å². The molecule has 0 bridgehead atoms. The molecular weight excluding hydrogens is 312 g/mol. The van der Waals surface area contributed by atoms with Crippen LogP contribution in [0.5, 0.6) is 0 Å². The Balaban J connectivity index is 1.96. The monoisotopic (exact) mass is 346 g/mol. The number of aliphatic hydroxyl groups is 3. The highest BCUT2D eigenvalue weighted by Crippen LogP contribution is 2.18. The van der Waals surface area contributed by atoms with E-state index in [4.69, 9.17) is 9.47 Å². The smallest absolute Gasteiger partial charge is 0.305 e. The summed E-state index contributed by atoms with van der Waals surface area (Å²) in [4.78, 5) is 11.6. The molecule has 0 spiro atoms. The fraction of sp³-hybridized carbons (Fsp3) is 0.944. The number of rotatable bonds is 13. The van der Waals surface area contributed by atoms with Crippen LogP contribution in [0.1, 0.15) is 71.1 Å². The van der Waals surface area contributed by atoms with Crippen LogP contribution in [0.15, 0.2) is 0 Å². The summed E-state index contributed by atoms with van der Waals surface area (Å²) < 4.78 is 10.1. The van der Waals surface area contributed by atoms with E-state index in [2.05, 4.69) is 6.92 Å². The first-order valence-corrected chi connectivity index (χ1v) is 9.37. The van der Waals surface area contributed by atoms with E-state index in [-0.39, 0.29) is 19.2 Å². The van der Waals surface area contributed by atoms with Crippen molar-refractivity contribution in [3.63, 3.8) is 0 Å². The molecule has 142 valence electrons. The largest absolute Gasteiger partial charge is 0.463 e. The molecule has 1 saturated heterocycles. The van der Waals surface area contributed by atoms with E-state index < -0.39 is 24.4 Å². The molecule has 1 aliphatic heterocycles. The molecule has 0 aromatic carbocycles. The molecule has 6 nitrogen and oxygen atoms in total. The first-order valence-electron chi connectivity index (χ1n) is 9.37. The van der Waals surface area contributed by atoms with Crippen molar-refractivity contribution in [2.24, 2.45) is 0 Å². The highest BCUT2D eigenvalue weighted by atomic mass is 16.6. The molecule has 3 N–H and O–H groups in total. The van der Waals surface area contributed by atoms with Gasteiger partial charge in [0.25, 0.3) is 0 Å². The summed E-state index contributed by atoms with van der Waals surface area (Å²) >= 11 is 0. The molecule has 0 unspecified atom stereocenters. The highest BCUT2D eigenvalue weighted by Gasteiger charge is 2.39. The van der Waals surface area contributed by atoms with Crippen LogP contribution in [0, 0.1) is 0 Å². The minimum atomic E-state index is -1.14. The lowest BCUT2D eigenvalue weighted by Crippen LogP contribution is -2.41. The van der Waals surface area contributed by atoms with Crippen molar-refractivity contribution >= 4 is 5.97 Å². The predicted molar refractivity (Wildman–Crippen MR) is 90.6 cm³/mol. The fourth-order valence-corrected chi connectivity index (χ4v) is 2.89. The predicted octanol–water partition coefficient (Wildman–Crippen LogP) is 1.93. The zero-order valence-electron chi connectivity index (χ0n) is 14.9. The first-order chi connectivity index (χ1) is 11.6. The van der Waals surface area contributed by atoms with E-state index in [1.165, 1.54) is 38.5 Å². The second kappa shape index (κ2) is 12.6. The molecule has 1 heterocycles. The van der Waals surface area contributed by atoms with Crippen molar-refractivity contribution < 1.29 is 29.6 Å². The lowest BCUT2D eigenvalue weighted by molar-refractivity contribution is -0.151. The summed E-state index contributed by atoms with van der Waals surface area (Å²) in [6.07, 6.45) is 6.84. The Labute approximate surface area is 145 Å². The van der Waals surface area contributed by atoms with Crippen LogP contribution in [0.2, 0.25) is 0 Å². The second-order valence-electron chi connectivity index (χ2n) is 6.68. The van der Waals surface area contributed by atoms with Crippen molar-refractivity contribution in [3.05, 3.63) is 0 Å². The van der Waals surface area contributed by atoms with Gasteiger partial charge in [0.1, 0.15) is 31.0 Å². The zero-order chi connectivity index (χ0) is 17.8. The van der Waals surface area contributed by atoms with Crippen molar-refractivity contribution in [3.8, 4) is 0 Å². The standard InChI is InChI=1S/C18H34O6/c1-2-3-4-5-6-7-8-9-10-11-16(21)23-13-15(20)18-17(22)14(19)12-24-18/h14-15,17-20,22H,2-13H2,1H3/t14-,15+,17+,18+/m1/s1. The van der Waals surface area contributed by atoms with E-state index in [0.29, 0.717) is 6.42 Å². The Bertz CT molecular complexity index is 335. The Hall–Kier alpha value is -0.690. The minimum absolute atomic E-state index is 0.0186. The summed E-state index contributed by atoms with van der Waals surface area (Å²) in [6, 6.07) is 0. The molecule has 1 fully saturated rings. The zero-order valence-corrected chi connectivity index (χ0v) is 14.9. The summed E-state index contributed by atoms with van der Waals surface area (Å²) in [7, 11) is 0. The van der Waals surface area contributed by atoms with Crippen LogP contribution in [0.4, 0.5) is 0 Å².